The molecule has 0 aliphatic heterocycles. The zero-order valence-corrected chi connectivity index (χ0v) is 14.1. The van der Waals surface area contributed by atoms with Crippen molar-refractivity contribution in [2.75, 3.05) is 13.7 Å². The zero-order chi connectivity index (χ0) is 15.2. The number of methoxy groups -OCH3 is 1. The molecule has 0 atom stereocenters. The van der Waals surface area contributed by atoms with Crippen molar-refractivity contribution < 1.29 is 9.47 Å². The number of ether oxygens (including phenoxy) is 2. The van der Waals surface area contributed by atoms with Gasteiger partial charge in [0.2, 0.25) is 0 Å². The van der Waals surface area contributed by atoms with E-state index < -0.39 is 0 Å². The van der Waals surface area contributed by atoms with Gasteiger partial charge in [0, 0.05) is 0 Å². The third kappa shape index (κ3) is 4.37. The summed E-state index contributed by atoms with van der Waals surface area (Å²) in [6, 6.07) is 11.6. The molecule has 0 spiro atoms. The van der Waals surface area contributed by atoms with Crippen molar-refractivity contribution in [1.29, 1.82) is 0 Å². The summed E-state index contributed by atoms with van der Waals surface area (Å²) in [6.07, 6.45) is 0.811. The molecule has 112 valence electrons. The molecule has 2 aromatic carbocycles. The number of nitrogens with two attached hydrogens (primary N) is 1. The number of hydrogen-bond acceptors (Lipinski definition) is 3. The average molecular weight is 371 g/mol. The Morgan fingerprint density at radius 3 is 2.43 bits per heavy atom. The van der Waals surface area contributed by atoms with Crippen molar-refractivity contribution in [2.24, 2.45) is 5.73 Å². The third-order valence-corrected chi connectivity index (χ3v) is 3.95. The summed E-state index contributed by atoms with van der Waals surface area (Å²) >= 11 is 9.67. The Morgan fingerprint density at radius 2 is 1.81 bits per heavy atom. The van der Waals surface area contributed by atoms with Crippen molar-refractivity contribution in [3.63, 3.8) is 0 Å². The van der Waals surface area contributed by atoms with Gasteiger partial charge in [0.25, 0.3) is 0 Å². The molecular formula is C16H17BrClNO2. The number of benzene rings is 2. The van der Waals surface area contributed by atoms with E-state index in [1.807, 2.05) is 36.4 Å². The third-order valence-electron chi connectivity index (χ3n) is 3.04. The van der Waals surface area contributed by atoms with Gasteiger partial charge in [0.05, 0.1) is 16.6 Å². The second-order valence-corrected chi connectivity index (χ2v) is 5.82. The first kappa shape index (κ1) is 16.1. The Morgan fingerprint density at radius 1 is 1.10 bits per heavy atom. The fourth-order valence-corrected chi connectivity index (χ4v) is 2.79. The molecule has 5 heteroatoms. The van der Waals surface area contributed by atoms with E-state index in [-0.39, 0.29) is 0 Å². The minimum absolute atomic E-state index is 0.443. The van der Waals surface area contributed by atoms with Gasteiger partial charge in [-0.3, -0.25) is 0 Å². The molecule has 3 nitrogen and oxygen atoms in total. The van der Waals surface area contributed by atoms with E-state index in [4.69, 9.17) is 26.8 Å². The minimum atomic E-state index is 0.443. The maximum Gasteiger partial charge on any atom is 0.138 e. The van der Waals surface area contributed by atoms with Gasteiger partial charge in [-0.1, -0.05) is 23.7 Å². The van der Waals surface area contributed by atoms with Crippen LogP contribution in [0.2, 0.25) is 5.02 Å². The van der Waals surface area contributed by atoms with Crippen LogP contribution in [0.4, 0.5) is 0 Å². The molecule has 0 aromatic heterocycles. The summed E-state index contributed by atoms with van der Waals surface area (Å²) in [6.45, 7) is 1.05. The summed E-state index contributed by atoms with van der Waals surface area (Å²) in [7, 11) is 1.64. The van der Waals surface area contributed by atoms with Gasteiger partial charge >= 0.3 is 0 Å². The van der Waals surface area contributed by atoms with Gasteiger partial charge in [-0.25, -0.2) is 0 Å². The lowest BCUT2D eigenvalue weighted by atomic mass is 10.1. The van der Waals surface area contributed by atoms with Crippen molar-refractivity contribution in [3.8, 4) is 11.5 Å². The Bertz CT molecular complexity index is 619. The molecule has 0 radical (unpaired) electrons. The summed E-state index contributed by atoms with van der Waals surface area (Å²) in [5.41, 5.74) is 7.68. The molecule has 0 unspecified atom stereocenters. The van der Waals surface area contributed by atoms with Crippen LogP contribution in [0, 0.1) is 0 Å². The lowest BCUT2D eigenvalue weighted by molar-refractivity contribution is 0.306. The highest BCUT2D eigenvalue weighted by Gasteiger charge is 2.05. The molecule has 0 heterocycles. The molecule has 0 aliphatic rings. The molecule has 0 bridgehead atoms. The summed E-state index contributed by atoms with van der Waals surface area (Å²) in [5.74, 6) is 1.47. The zero-order valence-electron chi connectivity index (χ0n) is 11.7. The van der Waals surface area contributed by atoms with Gasteiger partial charge < -0.3 is 15.2 Å². The van der Waals surface area contributed by atoms with E-state index in [2.05, 4.69) is 15.9 Å². The maximum absolute atomic E-state index is 6.22. The summed E-state index contributed by atoms with van der Waals surface area (Å²) < 4.78 is 11.9. The predicted octanol–water partition coefficient (Wildman–Crippen LogP) is 4.19. The van der Waals surface area contributed by atoms with Gasteiger partial charge in [-0.15, -0.1) is 0 Å². The molecule has 0 aliphatic carbocycles. The number of halogens is 2. The van der Waals surface area contributed by atoms with Crippen molar-refractivity contribution in [1.82, 2.24) is 0 Å². The normalized spacial score (nSPS) is 10.5. The van der Waals surface area contributed by atoms with Crippen LogP contribution in [-0.4, -0.2) is 13.7 Å². The summed E-state index contributed by atoms with van der Waals surface area (Å²) in [5, 5.41) is 0.605. The average Bonchev–Trinajstić information content (AvgIpc) is 2.47. The van der Waals surface area contributed by atoms with E-state index in [0.29, 0.717) is 23.9 Å². The van der Waals surface area contributed by atoms with Crippen LogP contribution in [0.3, 0.4) is 0 Å². The Hall–Kier alpha value is -1.23. The van der Waals surface area contributed by atoms with Gasteiger partial charge in [-0.2, -0.15) is 0 Å². The number of rotatable bonds is 6. The highest BCUT2D eigenvalue weighted by molar-refractivity contribution is 9.10. The van der Waals surface area contributed by atoms with Crippen molar-refractivity contribution >= 4 is 27.5 Å². The summed E-state index contributed by atoms with van der Waals surface area (Å²) in [4.78, 5) is 0. The first-order valence-electron chi connectivity index (χ1n) is 6.57. The molecule has 2 aromatic rings. The molecule has 2 N–H and O–H groups in total. The van der Waals surface area contributed by atoms with Crippen molar-refractivity contribution in [2.45, 2.75) is 13.0 Å². The van der Waals surface area contributed by atoms with Gasteiger partial charge in [0.1, 0.15) is 18.1 Å². The molecule has 0 saturated heterocycles. The molecular weight excluding hydrogens is 354 g/mol. The molecule has 0 saturated carbocycles. The van der Waals surface area contributed by atoms with Crippen LogP contribution < -0.4 is 15.2 Å². The topological polar surface area (TPSA) is 44.5 Å². The van der Waals surface area contributed by atoms with Crippen LogP contribution in [0.25, 0.3) is 0 Å². The predicted molar refractivity (Wildman–Crippen MR) is 89.2 cm³/mol. The molecule has 0 fully saturated rings. The monoisotopic (exact) mass is 369 g/mol. The minimum Gasteiger partial charge on any atom is -0.496 e. The Labute approximate surface area is 138 Å². The van der Waals surface area contributed by atoms with Crippen LogP contribution in [0.1, 0.15) is 11.1 Å². The van der Waals surface area contributed by atoms with E-state index >= 15 is 0 Å². The Balaban J connectivity index is 2.04. The maximum atomic E-state index is 6.22. The van der Waals surface area contributed by atoms with Crippen LogP contribution in [0.5, 0.6) is 11.5 Å². The highest BCUT2D eigenvalue weighted by Crippen LogP contribution is 2.28. The lowest BCUT2D eigenvalue weighted by Crippen LogP contribution is -2.03. The fourth-order valence-electron chi connectivity index (χ4n) is 1.94. The second kappa shape index (κ2) is 7.69. The van der Waals surface area contributed by atoms with Gasteiger partial charge in [-0.05, 0) is 64.3 Å². The molecule has 0 amide bonds. The first-order valence-corrected chi connectivity index (χ1v) is 7.75. The SMILES string of the molecule is COc1ccc(COc2ccc(CCN)cc2Cl)cc1Br. The van der Waals surface area contributed by atoms with E-state index in [9.17, 15) is 0 Å². The van der Waals surface area contributed by atoms with E-state index in [1.54, 1.807) is 7.11 Å². The van der Waals surface area contributed by atoms with Crippen molar-refractivity contribution in [3.05, 3.63) is 57.0 Å². The smallest absolute Gasteiger partial charge is 0.138 e. The molecule has 21 heavy (non-hydrogen) atoms. The first-order chi connectivity index (χ1) is 10.1. The molecule has 2 rings (SSSR count). The standard InChI is InChI=1S/C16H17BrClNO2/c1-20-15-4-3-12(8-13(15)17)10-21-16-5-2-11(6-7-19)9-14(16)18/h2-5,8-9H,6-7,10,19H2,1H3. The largest absolute Gasteiger partial charge is 0.496 e. The van der Waals surface area contributed by atoms with E-state index in [1.165, 1.54) is 0 Å². The Kier molecular flexibility index (Phi) is 5.91. The van der Waals surface area contributed by atoms with Crippen LogP contribution in [0.15, 0.2) is 40.9 Å². The lowest BCUT2D eigenvalue weighted by Gasteiger charge is -2.11. The second-order valence-electron chi connectivity index (χ2n) is 4.56. The number of hydrogen-bond donors (Lipinski definition) is 1. The van der Waals surface area contributed by atoms with Crippen LogP contribution >= 0.6 is 27.5 Å². The fraction of sp³-hybridized carbons (Fsp3) is 0.250. The van der Waals surface area contributed by atoms with Gasteiger partial charge in [0.15, 0.2) is 0 Å². The highest BCUT2D eigenvalue weighted by atomic mass is 79.9. The van der Waals surface area contributed by atoms with E-state index in [0.717, 1.165) is 27.8 Å². The quantitative estimate of drug-likeness (QED) is 0.829. The van der Waals surface area contributed by atoms with Crippen LogP contribution in [-0.2, 0) is 13.0 Å².